The minimum atomic E-state index is -1.63. The van der Waals surface area contributed by atoms with Crippen LogP contribution in [0.5, 0.6) is 0 Å². The molecule has 1 saturated heterocycles. The highest BCUT2D eigenvalue weighted by Gasteiger charge is 2.54. The summed E-state index contributed by atoms with van der Waals surface area (Å²) < 4.78 is 2.49. The van der Waals surface area contributed by atoms with E-state index in [2.05, 4.69) is 24.8 Å². The summed E-state index contributed by atoms with van der Waals surface area (Å²) in [6, 6.07) is 1.74. The Morgan fingerprint density at radius 1 is 1.24 bits per heavy atom. The number of pyridine rings is 1. The smallest absolute Gasteiger partial charge is 0.352 e. The van der Waals surface area contributed by atoms with Crippen molar-refractivity contribution in [2.24, 2.45) is 5.16 Å². The molecule has 2 amide bonds. The van der Waals surface area contributed by atoms with Crippen LogP contribution in [0.3, 0.4) is 0 Å². The lowest BCUT2D eigenvalue weighted by molar-refractivity contribution is -0.151. The highest BCUT2D eigenvalue weighted by Crippen LogP contribution is 2.42. The zero-order valence-electron chi connectivity index (χ0n) is 22.2. The standard InChI is InChI=1S/C24H19N7O10S4/c25-24-27-10(7-44-24)12(29-41-15(22(39)40)8-2-1-3-26-4-8)17(33)28-13-18(34)31-14(21(37)38)9(5-42-19(13)31)6-43-23-11(20(35)36)16(32)30-45-23/h1-4,7,13,15,19H,5-6H2,(H2,25,27)(H,28,33)(H,30,32)(H,35,36)(H,37,38)(H,39,40)/t13-,15-,19+/m1/s1. The van der Waals surface area contributed by atoms with E-state index in [4.69, 9.17) is 10.6 Å². The van der Waals surface area contributed by atoms with Crippen molar-refractivity contribution in [3.8, 4) is 0 Å². The van der Waals surface area contributed by atoms with E-state index in [0.717, 1.165) is 51.3 Å². The fourth-order valence-corrected chi connectivity index (χ4v) is 8.21. The number of hydrogen-bond donors (Lipinski definition) is 6. The van der Waals surface area contributed by atoms with Crippen molar-refractivity contribution >= 4 is 87.0 Å². The predicted molar refractivity (Wildman–Crippen MR) is 161 cm³/mol. The molecular formula is C24H19N7O10S4. The van der Waals surface area contributed by atoms with E-state index in [1.807, 2.05) is 0 Å². The number of amides is 2. The molecule has 234 valence electrons. The van der Waals surface area contributed by atoms with Gasteiger partial charge >= 0.3 is 17.9 Å². The number of thioether (sulfide) groups is 2. The number of aromatic amines is 1. The van der Waals surface area contributed by atoms with Gasteiger partial charge in [0.2, 0.25) is 6.10 Å². The molecule has 2 aliphatic rings. The monoisotopic (exact) mass is 693 g/mol. The fraction of sp³-hybridized carbons (Fsp3) is 0.208. The molecule has 3 aromatic heterocycles. The number of aromatic nitrogens is 3. The van der Waals surface area contributed by atoms with Gasteiger partial charge in [0.1, 0.15) is 22.8 Å². The molecular weight excluding hydrogens is 675 g/mol. The molecule has 0 saturated carbocycles. The van der Waals surface area contributed by atoms with Crippen LogP contribution in [0.15, 0.2) is 55.3 Å². The van der Waals surface area contributed by atoms with Crippen LogP contribution < -0.4 is 16.6 Å². The summed E-state index contributed by atoms with van der Waals surface area (Å²) in [5.74, 6) is -5.84. The van der Waals surface area contributed by atoms with Crippen LogP contribution in [0.2, 0.25) is 0 Å². The number of carboxylic acids is 3. The second-order valence-corrected chi connectivity index (χ2v) is 13.1. The first-order valence-corrected chi connectivity index (χ1v) is 16.1. The van der Waals surface area contributed by atoms with E-state index in [9.17, 15) is 44.1 Å². The summed E-state index contributed by atoms with van der Waals surface area (Å²) in [5, 5.41) is 35.8. The lowest BCUT2D eigenvalue weighted by Crippen LogP contribution is -2.71. The van der Waals surface area contributed by atoms with Gasteiger partial charge < -0.3 is 31.2 Å². The predicted octanol–water partition coefficient (Wildman–Crippen LogP) is 0.646. The summed E-state index contributed by atoms with van der Waals surface area (Å²) in [6.45, 7) is 0. The number of carboxylic acid groups (broad SMARTS) is 3. The molecule has 45 heavy (non-hydrogen) atoms. The number of anilines is 1. The Hall–Kier alpha value is -4.73. The number of fused-ring (bicyclic) bond motifs is 1. The van der Waals surface area contributed by atoms with Crippen molar-refractivity contribution in [3.63, 3.8) is 0 Å². The third-order valence-electron chi connectivity index (χ3n) is 6.24. The van der Waals surface area contributed by atoms with Crippen molar-refractivity contribution in [3.05, 3.63) is 68.4 Å². The minimum absolute atomic E-state index is 0.0166. The van der Waals surface area contributed by atoms with Gasteiger partial charge in [-0.25, -0.2) is 19.4 Å². The number of rotatable bonds is 12. The summed E-state index contributed by atoms with van der Waals surface area (Å²) in [6.07, 6.45) is 1.05. The number of thiazole rings is 1. The van der Waals surface area contributed by atoms with Gasteiger partial charge in [-0.2, -0.15) is 0 Å². The Morgan fingerprint density at radius 2 is 2.02 bits per heavy atom. The SMILES string of the molecule is Nc1nc(C(=NO[C@@H](C(=O)O)c2cccnc2)C(=O)N[C@@H]2C(=O)N3C(C(=O)O)=C(CSc4s[nH]c(=O)c4C(=O)O)CS[C@@H]23)cs1. The largest absolute Gasteiger partial charge is 0.478 e. The third kappa shape index (κ3) is 6.41. The van der Waals surface area contributed by atoms with Gasteiger partial charge in [-0.15, -0.1) is 34.9 Å². The number of carbonyl (C=O) groups excluding carboxylic acids is 2. The number of nitrogens with zero attached hydrogens (tertiary/aromatic N) is 4. The first kappa shape index (κ1) is 31.7. The van der Waals surface area contributed by atoms with Crippen LogP contribution in [0, 0.1) is 0 Å². The lowest BCUT2D eigenvalue weighted by Gasteiger charge is -2.49. The number of H-pyrrole nitrogens is 1. The molecule has 0 aliphatic carbocycles. The molecule has 3 aromatic rings. The van der Waals surface area contributed by atoms with Crippen molar-refractivity contribution in [2.45, 2.75) is 21.7 Å². The maximum Gasteiger partial charge on any atom is 0.352 e. The van der Waals surface area contributed by atoms with Gasteiger partial charge in [0.05, 0.1) is 4.21 Å². The van der Waals surface area contributed by atoms with Gasteiger partial charge in [-0.3, -0.25) is 28.6 Å². The maximum absolute atomic E-state index is 13.4. The van der Waals surface area contributed by atoms with Gasteiger partial charge in [0.15, 0.2) is 16.4 Å². The van der Waals surface area contributed by atoms with Crippen LogP contribution in [-0.4, -0.2) is 92.9 Å². The molecule has 0 unspecified atom stereocenters. The van der Waals surface area contributed by atoms with Crippen molar-refractivity contribution < 1.29 is 44.1 Å². The fourth-order valence-electron chi connectivity index (χ4n) is 4.22. The summed E-state index contributed by atoms with van der Waals surface area (Å²) >= 11 is 3.89. The summed E-state index contributed by atoms with van der Waals surface area (Å²) in [7, 11) is 0. The van der Waals surface area contributed by atoms with Gasteiger partial charge in [0, 0.05) is 34.8 Å². The van der Waals surface area contributed by atoms with Crippen molar-refractivity contribution in [1.82, 2.24) is 24.6 Å². The molecule has 1 fully saturated rings. The van der Waals surface area contributed by atoms with Gasteiger partial charge in [-0.05, 0) is 11.6 Å². The molecule has 21 heteroatoms. The first-order valence-electron chi connectivity index (χ1n) is 12.3. The average Bonchev–Trinajstić information content (AvgIpc) is 3.61. The van der Waals surface area contributed by atoms with E-state index in [1.54, 1.807) is 0 Å². The molecule has 0 bridgehead atoms. The van der Waals surface area contributed by atoms with E-state index < -0.39 is 64.1 Å². The Kier molecular flexibility index (Phi) is 9.22. The molecule has 0 spiro atoms. The Bertz CT molecular complexity index is 1820. The number of β-lactam (4-membered cyclic amide) rings is 1. The van der Waals surface area contributed by atoms with Crippen molar-refractivity contribution in [1.29, 1.82) is 0 Å². The number of nitrogens with one attached hydrogen (secondary N) is 2. The topological polar surface area (TPSA) is 268 Å². The Balaban J connectivity index is 1.35. The van der Waals surface area contributed by atoms with Crippen LogP contribution >= 0.6 is 46.4 Å². The first-order chi connectivity index (χ1) is 21.5. The Morgan fingerprint density at radius 3 is 2.64 bits per heavy atom. The lowest BCUT2D eigenvalue weighted by atomic mass is 10.0. The van der Waals surface area contributed by atoms with E-state index in [0.29, 0.717) is 5.57 Å². The quantitative estimate of drug-likeness (QED) is 0.0658. The molecule has 3 atom stereocenters. The molecule has 5 heterocycles. The second kappa shape index (κ2) is 13.1. The van der Waals surface area contributed by atoms with Crippen molar-refractivity contribution in [2.75, 3.05) is 17.2 Å². The van der Waals surface area contributed by atoms with Gasteiger partial charge in [-0.1, -0.05) is 22.8 Å². The summed E-state index contributed by atoms with van der Waals surface area (Å²) in [5.41, 5.74) is 4.09. The number of nitrogen functional groups attached to an aromatic ring is 1. The molecule has 17 nitrogen and oxygen atoms in total. The number of aromatic carboxylic acids is 1. The number of hydrogen-bond acceptors (Lipinski definition) is 15. The zero-order valence-corrected chi connectivity index (χ0v) is 25.5. The van der Waals surface area contributed by atoms with Crippen LogP contribution in [0.4, 0.5) is 5.13 Å². The average molecular weight is 694 g/mol. The number of carbonyl (C=O) groups is 5. The van der Waals surface area contributed by atoms with Gasteiger partial charge in [0.25, 0.3) is 17.4 Å². The Labute approximate surface area is 267 Å². The number of oxime groups is 1. The molecule has 0 aromatic carbocycles. The van der Waals surface area contributed by atoms with E-state index >= 15 is 0 Å². The maximum atomic E-state index is 13.4. The molecule has 0 radical (unpaired) electrons. The number of nitrogens with two attached hydrogens (primary N) is 1. The highest BCUT2D eigenvalue weighted by atomic mass is 32.2. The van der Waals surface area contributed by atoms with Crippen LogP contribution in [0.25, 0.3) is 0 Å². The van der Waals surface area contributed by atoms with Crippen LogP contribution in [0.1, 0.15) is 27.7 Å². The molecule has 7 N–H and O–H groups in total. The molecule has 2 aliphatic heterocycles. The highest BCUT2D eigenvalue weighted by molar-refractivity contribution is 8.02. The van der Waals surface area contributed by atoms with Crippen LogP contribution in [-0.2, 0) is 24.0 Å². The molecule has 5 rings (SSSR count). The van der Waals surface area contributed by atoms with E-state index in [-0.39, 0.29) is 37.8 Å². The summed E-state index contributed by atoms with van der Waals surface area (Å²) in [4.78, 5) is 88.0. The second-order valence-electron chi connectivity index (χ2n) is 9.03. The normalized spacial score (nSPS) is 18.5. The third-order valence-corrected chi connectivity index (χ3v) is 10.5. The van der Waals surface area contributed by atoms with E-state index in [1.165, 1.54) is 29.9 Å². The number of aliphatic carboxylic acids is 2. The minimum Gasteiger partial charge on any atom is -0.478 e. The zero-order chi connectivity index (χ0) is 32.4.